The number of amides is 1. The van der Waals surface area contributed by atoms with Crippen molar-refractivity contribution < 1.29 is 23.1 Å². The molecule has 150 valence electrons. The third kappa shape index (κ3) is 3.95. The van der Waals surface area contributed by atoms with Crippen molar-refractivity contribution in [2.45, 2.75) is 18.7 Å². The molecule has 3 rings (SSSR count). The van der Waals surface area contributed by atoms with Crippen LogP contribution in [0.15, 0.2) is 71.6 Å². The molecule has 3 aromatic carbocycles. The summed E-state index contributed by atoms with van der Waals surface area (Å²) >= 11 is 0. The minimum absolute atomic E-state index is 0.0500. The number of hydrogen-bond acceptors (Lipinski definition) is 5. The molecule has 0 saturated heterocycles. The van der Waals surface area contributed by atoms with Gasteiger partial charge in [0.1, 0.15) is 11.5 Å². The molecule has 0 unspecified atom stereocenters. The first-order chi connectivity index (χ1) is 13.8. The molecule has 7 heteroatoms. The van der Waals surface area contributed by atoms with Gasteiger partial charge in [0.2, 0.25) is 0 Å². The van der Waals surface area contributed by atoms with E-state index in [1.807, 2.05) is 0 Å². The van der Waals surface area contributed by atoms with E-state index in [-0.39, 0.29) is 21.9 Å². The highest BCUT2D eigenvalue weighted by molar-refractivity contribution is 7.93. The van der Waals surface area contributed by atoms with Crippen LogP contribution in [0, 0.1) is 13.8 Å². The minimum atomic E-state index is -4.23. The van der Waals surface area contributed by atoms with Crippen LogP contribution in [0.25, 0.3) is 0 Å². The number of phenols is 1. The molecule has 0 bridgehead atoms. The highest BCUT2D eigenvalue weighted by Gasteiger charge is 2.32. The molecule has 0 atom stereocenters. The Bertz CT molecular complexity index is 1120. The van der Waals surface area contributed by atoms with Gasteiger partial charge in [0.15, 0.2) is 0 Å². The monoisotopic (exact) mass is 411 g/mol. The zero-order chi connectivity index (χ0) is 21.2. The Morgan fingerprint density at radius 2 is 1.48 bits per heavy atom. The number of ether oxygens (including phenoxy) is 1. The van der Waals surface area contributed by atoms with Gasteiger partial charge < -0.3 is 9.84 Å². The molecule has 0 aromatic heterocycles. The Kier molecular flexibility index (Phi) is 5.61. The zero-order valence-corrected chi connectivity index (χ0v) is 17.1. The maximum atomic E-state index is 13.5. The van der Waals surface area contributed by atoms with Gasteiger partial charge in [0.25, 0.3) is 15.9 Å². The van der Waals surface area contributed by atoms with Crippen molar-refractivity contribution in [3.63, 3.8) is 0 Å². The third-order valence-corrected chi connectivity index (χ3v) is 6.24. The largest absolute Gasteiger partial charge is 0.507 e. The first kappa shape index (κ1) is 20.4. The average molecular weight is 411 g/mol. The maximum Gasteiger partial charge on any atom is 0.272 e. The first-order valence-corrected chi connectivity index (χ1v) is 10.3. The van der Waals surface area contributed by atoms with Crippen LogP contribution in [0.5, 0.6) is 11.5 Å². The van der Waals surface area contributed by atoms with Gasteiger partial charge in [0, 0.05) is 5.56 Å². The molecule has 29 heavy (non-hydrogen) atoms. The van der Waals surface area contributed by atoms with E-state index < -0.39 is 15.9 Å². The predicted octanol–water partition coefficient (Wildman–Crippen LogP) is 4.05. The van der Waals surface area contributed by atoms with Crippen molar-refractivity contribution in [2.24, 2.45) is 0 Å². The maximum absolute atomic E-state index is 13.5. The summed E-state index contributed by atoms with van der Waals surface area (Å²) in [5.74, 6) is -0.130. The third-order valence-electron chi connectivity index (χ3n) is 4.51. The molecular weight excluding hydrogens is 390 g/mol. The van der Waals surface area contributed by atoms with Crippen LogP contribution < -0.4 is 9.04 Å². The van der Waals surface area contributed by atoms with E-state index in [2.05, 4.69) is 0 Å². The fourth-order valence-electron chi connectivity index (χ4n) is 2.97. The van der Waals surface area contributed by atoms with E-state index in [1.165, 1.54) is 43.5 Å². The second-order valence-corrected chi connectivity index (χ2v) is 8.33. The SMILES string of the molecule is COc1ccc(S(=O)(=O)N(C(=O)c2ccccc2)c2cc(C)c(O)c(C)c2)cc1. The number of nitrogens with zero attached hydrogens (tertiary/aromatic N) is 1. The van der Waals surface area contributed by atoms with E-state index in [9.17, 15) is 18.3 Å². The van der Waals surface area contributed by atoms with Gasteiger partial charge in [-0.3, -0.25) is 4.79 Å². The van der Waals surface area contributed by atoms with Crippen LogP contribution >= 0.6 is 0 Å². The van der Waals surface area contributed by atoms with E-state index in [4.69, 9.17) is 4.74 Å². The fraction of sp³-hybridized carbons (Fsp3) is 0.136. The number of sulfonamides is 1. The summed E-state index contributed by atoms with van der Waals surface area (Å²) in [7, 11) is -2.74. The van der Waals surface area contributed by atoms with Crippen molar-refractivity contribution in [3.8, 4) is 11.5 Å². The Labute approximate surface area is 170 Å². The molecule has 6 nitrogen and oxygen atoms in total. The summed E-state index contributed by atoms with van der Waals surface area (Å²) in [6.45, 7) is 3.30. The van der Waals surface area contributed by atoms with E-state index in [1.54, 1.807) is 44.2 Å². The van der Waals surface area contributed by atoms with Gasteiger partial charge in [-0.1, -0.05) is 18.2 Å². The van der Waals surface area contributed by atoms with Crippen LogP contribution in [0.2, 0.25) is 0 Å². The van der Waals surface area contributed by atoms with Gasteiger partial charge in [-0.25, -0.2) is 8.42 Å². The number of anilines is 1. The van der Waals surface area contributed by atoms with Crippen LogP contribution in [0.1, 0.15) is 21.5 Å². The topological polar surface area (TPSA) is 83.9 Å². The molecule has 0 heterocycles. The zero-order valence-electron chi connectivity index (χ0n) is 16.3. The van der Waals surface area contributed by atoms with Crippen molar-refractivity contribution in [3.05, 3.63) is 83.4 Å². The lowest BCUT2D eigenvalue weighted by molar-refractivity contribution is 0.101. The number of methoxy groups -OCH3 is 1. The van der Waals surface area contributed by atoms with Crippen LogP contribution in [-0.2, 0) is 10.0 Å². The number of aromatic hydroxyl groups is 1. The van der Waals surface area contributed by atoms with Gasteiger partial charge >= 0.3 is 0 Å². The van der Waals surface area contributed by atoms with Gasteiger partial charge in [-0.05, 0) is 73.5 Å². The molecule has 1 amide bonds. The van der Waals surface area contributed by atoms with Crippen LogP contribution in [-0.4, -0.2) is 26.5 Å². The fourth-order valence-corrected chi connectivity index (χ4v) is 4.36. The lowest BCUT2D eigenvalue weighted by Crippen LogP contribution is -2.37. The Morgan fingerprint density at radius 3 is 2.00 bits per heavy atom. The van der Waals surface area contributed by atoms with Crippen molar-refractivity contribution >= 4 is 21.6 Å². The molecule has 0 aliphatic heterocycles. The quantitative estimate of drug-likeness (QED) is 0.685. The summed E-state index contributed by atoms with van der Waals surface area (Å²) in [5.41, 5.74) is 1.32. The van der Waals surface area contributed by atoms with E-state index in [0.717, 1.165) is 4.31 Å². The Balaban J connectivity index is 2.20. The summed E-state index contributed by atoms with van der Waals surface area (Å²) in [6, 6.07) is 17.0. The molecule has 0 saturated carbocycles. The molecule has 0 radical (unpaired) electrons. The molecule has 1 N–H and O–H groups in total. The highest BCUT2D eigenvalue weighted by Crippen LogP contribution is 2.32. The Hall–Kier alpha value is -3.32. The van der Waals surface area contributed by atoms with Gasteiger partial charge in [-0.15, -0.1) is 0 Å². The predicted molar refractivity (Wildman–Crippen MR) is 111 cm³/mol. The highest BCUT2D eigenvalue weighted by atomic mass is 32.2. The molecule has 0 fully saturated rings. The minimum Gasteiger partial charge on any atom is -0.507 e. The number of aryl methyl sites for hydroxylation is 2. The van der Waals surface area contributed by atoms with Crippen molar-refractivity contribution in [2.75, 3.05) is 11.4 Å². The summed E-state index contributed by atoms with van der Waals surface area (Å²) in [6.07, 6.45) is 0. The first-order valence-electron chi connectivity index (χ1n) is 8.84. The number of benzene rings is 3. The standard InChI is InChI=1S/C22H21NO5S/c1-15-13-18(14-16(2)21(15)24)23(22(25)17-7-5-4-6-8-17)29(26,27)20-11-9-19(28-3)10-12-20/h4-14,24H,1-3H3. The molecule has 0 aliphatic rings. The number of phenolic OH excluding ortho intramolecular Hbond substituents is 1. The molecular formula is C22H21NO5S. The lowest BCUT2D eigenvalue weighted by Gasteiger charge is -2.24. The van der Waals surface area contributed by atoms with Crippen LogP contribution in [0.3, 0.4) is 0 Å². The molecule has 3 aromatic rings. The number of carbonyl (C=O) groups excluding carboxylic acids is 1. The lowest BCUT2D eigenvalue weighted by atomic mass is 10.1. The summed E-state index contributed by atoms with van der Waals surface area (Å²) in [5, 5.41) is 10.1. The smallest absolute Gasteiger partial charge is 0.272 e. The van der Waals surface area contributed by atoms with Crippen molar-refractivity contribution in [1.82, 2.24) is 0 Å². The molecule has 0 spiro atoms. The number of hydrogen-bond donors (Lipinski definition) is 1. The van der Waals surface area contributed by atoms with Crippen molar-refractivity contribution in [1.29, 1.82) is 0 Å². The van der Waals surface area contributed by atoms with E-state index >= 15 is 0 Å². The average Bonchev–Trinajstić information content (AvgIpc) is 2.72. The van der Waals surface area contributed by atoms with Gasteiger partial charge in [0.05, 0.1) is 17.7 Å². The Morgan fingerprint density at radius 1 is 0.931 bits per heavy atom. The van der Waals surface area contributed by atoms with Gasteiger partial charge in [-0.2, -0.15) is 4.31 Å². The number of carbonyl (C=O) groups is 1. The summed E-state index contributed by atoms with van der Waals surface area (Å²) < 4.78 is 32.8. The number of rotatable bonds is 5. The molecule has 0 aliphatic carbocycles. The van der Waals surface area contributed by atoms with E-state index in [0.29, 0.717) is 16.9 Å². The summed E-state index contributed by atoms with van der Waals surface area (Å²) in [4.78, 5) is 13.2. The van der Waals surface area contributed by atoms with Crippen LogP contribution in [0.4, 0.5) is 5.69 Å². The second-order valence-electron chi connectivity index (χ2n) is 6.54. The normalized spacial score (nSPS) is 11.1. The second kappa shape index (κ2) is 7.97.